The van der Waals surface area contributed by atoms with E-state index < -0.39 is 0 Å². The van der Waals surface area contributed by atoms with Crippen LogP contribution < -0.4 is 15.5 Å². The van der Waals surface area contributed by atoms with Gasteiger partial charge in [-0.15, -0.1) is 0 Å². The van der Waals surface area contributed by atoms with Crippen molar-refractivity contribution in [3.05, 3.63) is 66.5 Å². The number of nitrogens with zero attached hydrogens (tertiary/aromatic N) is 3. The van der Waals surface area contributed by atoms with Gasteiger partial charge in [-0.2, -0.15) is 0 Å². The molecule has 2 N–H and O–H groups in total. The summed E-state index contributed by atoms with van der Waals surface area (Å²) in [4.78, 5) is 22.5. The molecule has 0 spiro atoms. The zero-order valence-corrected chi connectivity index (χ0v) is 15.9. The average Bonchev–Trinajstić information content (AvgIpc) is 3.24. The summed E-state index contributed by atoms with van der Waals surface area (Å²) in [6.07, 6.45) is 4.05. The second kappa shape index (κ2) is 8.08. The smallest absolute Gasteiger partial charge is 0.159 e. The maximum atomic E-state index is 11.5. The van der Waals surface area contributed by atoms with E-state index in [0.717, 1.165) is 24.5 Å². The van der Waals surface area contributed by atoms with E-state index in [9.17, 15) is 4.79 Å². The molecule has 2 heterocycles. The Bertz CT molecular complexity index is 965. The van der Waals surface area contributed by atoms with Gasteiger partial charge >= 0.3 is 0 Å². The van der Waals surface area contributed by atoms with Crippen molar-refractivity contribution in [2.75, 3.05) is 28.6 Å². The van der Waals surface area contributed by atoms with Gasteiger partial charge in [-0.05, 0) is 56.2 Å². The first-order chi connectivity index (χ1) is 13.7. The van der Waals surface area contributed by atoms with Crippen LogP contribution in [0.2, 0.25) is 0 Å². The fourth-order valence-electron chi connectivity index (χ4n) is 3.34. The Kier molecular flexibility index (Phi) is 5.19. The number of anilines is 5. The molecule has 6 nitrogen and oxygen atoms in total. The van der Waals surface area contributed by atoms with E-state index in [0.29, 0.717) is 17.2 Å². The van der Waals surface area contributed by atoms with Crippen molar-refractivity contribution in [1.29, 1.82) is 0 Å². The summed E-state index contributed by atoms with van der Waals surface area (Å²) in [6.45, 7) is 3.83. The second-order valence-corrected chi connectivity index (χ2v) is 6.92. The largest absolute Gasteiger partial charge is 0.372 e. The van der Waals surface area contributed by atoms with Gasteiger partial charge in [0.25, 0.3) is 0 Å². The summed E-state index contributed by atoms with van der Waals surface area (Å²) in [5.74, 6) is 1.40. The predicted octanol–water partition coefficient (Wildman–Crippen LogP) is 4.77. The number of Topliss-reactive ketones (excluding diaryl/α,β-unsaturated/α-hetero) is 1. The minimum atomic E-state index is 0.0334. The number of hydrogen-bond donors (Lipinski definition) is 2. The molecule has 1 aliphatic rings. The molecular formula is C22H23N5O. The Labute approximate surface area is 164 Å². The van der Waals surface area contributed by atoms with E-state index in [1.54, 1.807) is 13.0 Å². The van der Waals surface area contributed by atoms with E-state index in [-0.39, 0.29) is 5.78 Å². The van der Waals surface area contributed by atoms with Crippen LogP contribution in [0.5, 0.6) is 0 Å². The molecule has 0 radical (unpaired) electrons. The number of aromatic nitrogens is 2. The highest BCUT2D eigenvalue weighted by molar-refractivity contribution is 5.95. The third-order valence-electron chi connectivity index (χ3n) is 4.82. The summed E-state index contributed by atoms with van der Waals surface area (Å²) < 4.78 is 0. The van der Waals surface area contributed by atoms with Gasteiger partial charge in [0, 0.05) is 41.8 Å². The first-order valence-corrected chi connectivity index (χ1v) is 9.49. The van der Waals surface area contributed by atoms with E-state index in [4.69, 9.17) is 0 Å². The van der Waals surface area contributed by atoms with Gasteiger partial charge in [0.1, 0.15) is 18.0 Å². The number of nitrogens with one attached hydrogen (secondary N) is 2. The Morgan fingerprint density at radius 3 is 2.25 bits per heavy atom. The van der Waals surface area contributed by atoms with Crippen LogP contribution in [-0.2, 0) is 0 Å². The molecule has 0 atom stereocenters. The summed E-state index contributed by atoms with van der Waals surface area (Å²) >= 11 is 0. The quantitative estimate of drug-likeness (QED) is 0.607. The molecule has 0 bridgehead atoms. The molecule has 2 aromatic carbocycles. The fourth-order valence-corrected chi connectivity index (χ4v) is 3.34. The van der Waals surface area contributed by atoms with Crippen LogP contribution in [0.1, 0.15) is 30.1 Å². The Morgan fingerprint density at radius 1 is 0.893 bits per heavy atom. The van der Waals surface area contributed by atoms with Crippen LogP contribution >= 0.6 is 0 Å². The number of benzene rings is 2. The standard InChI is InChI=1S/C22H23N5O/c1-16(28)17-5-4-6-19(13-17)26-22-14-21(23-15-24-22)25-18-7-9-20(10-8-18)27-11-2-3-12-27/h4-10,13-15H,2-3,11-12H2,1H3,(H2,23,24,25,26). The maximum Gasteiger partial charge on any atom is 0.159 e. The average molecular weight is 373 g/mol. The van der Waals surface area contributed by atoms with Crippen molar-refractivity contribution in [3.8, 4) is 0 Å². The van der Waals surface area contributed by atoms with Gasteiger partial charge in [-0.25, -0.2) is 9.97 Å². The number of ketones is 1. The van der Waals surface area contributed by atoms with Crippen LogP contribution in [0.3, 0.4) is 0 Å². The van der Waals surface area contributed by atoms with Crippen LogP contribution in [0.25, 0.3) is 0 Å². The lowest BCUT2D eigenvalue weighted by molar-refractivity contribution is 0.101. The highest BCUT2D eigenvalue weighted by atomic mass is 16.1. The molecular weight excluding hydrogens is 350 g/mol. The molecule has 1 aromatic heterocycles. The van der Waals surface area contributed by atoms with Crippen molar-refractivity contribution in [3.63, 3.8) is 0 Å². The molecule has 0 amide bonds. The van der Waals surface area contributed by atoms with Gasteiger partial charge in [0.05, 0.1) is 0 Å². The molecule has 0 aliphatic carbocycles. The minimum Gasteiger partial charge on any atom is -0.372 e. The molecule has 0 saturated carbocycles. The van der Waals surface area contributed by atoms with Gasteiger partial charge in [0.2, 0.25) is 0 Å². The monoisotopic (exact) mass is 373 g/mol. The molecule has 6 heteroatoms. The second-order valence-electron chi connectivity index (χ2n) is 6.92. The zero-order chi connectivity index (χ0) is 19.3. The van der Waals surface area contributed by atoms with Crippen molar-refractivity contribution >= 4 is 34.5 Å². The molecule has 1 aliphatic heterocycles. The molecule has 142 valence electrons. The first kappa shape index (κ1) is 18.0. The lowest BCUT2D eigenvalue weighted by Crippen LogP contribution is -2.17. The van der Waals surface area contributed by atoms with E-state index in [1.807, 2.05) is 24.3 Å². The number of carbonyl (C=O) groups excluding carboxylic acids is 1. The molecule has 3 aromatic rings. The zero-order valence-electron chi connectivity index (χ0n) is 15.9. The highest BCUT2D eigenvalue weighted by Gasteiger charge is 2.11. The van der Waals surface area contributed by atoms with Crippen LogP contribution in [0, 0.1) is 0 Å². The SMILES string of the molecule is CC(=O)c1cccc(Nc2cc(Nc3ccc(N4CCCC4)cc3)ncn2)c1. The maximum absolute atomic E-state index is 11.5. The summed E-state index contributed by atoms with van der Waals surface area (Å²) in [7, 11) is 0. The van der Waals surface area contributed by atoms with Crippen molar-refractivity contribution in [2.24, 2.45) is 0 Å². The van der Waals surface area contributed by atoms with Gasteiger partial charge < -0.3 is 15.5 Å². The van der Waals surface area contributed by atoms with Gasteiger partial charge in [-0.3, -0.25) is 4.79 Å². The van der Waals surface area contributed by atoms with Gasteiger partial charge in [-0.1, -0.05) is 12.1 Å². The number of hydrogen-bond acceptors (Lipinski definition) is 6. The summed E-state index contributed by atoms with van der Waals surface area (Å²) in [5.41, 5.74) is 3.72. The number of rotatable bonds is 6. The van der Waals surface area contributed by atoms with Crippen LogP contribution in [0.4, 0.5) is 28.7 Å². The predicted molar refractivity (Wildman–Crippen MR) is 113 cm³/mol. The lowest BCUT2D eigenvalue weighted by atomic mass is 10.1. The van der Waals surface area contributed by atoms with Gasteiger partial charge in [0.15, 0.2) is 5.78 Å². The fraction of sp³-hybridized carbons (Fsp3) is 0.227. The molecule has 4 rings (SSSR count). The lowest BCUT2D eigenvalue weighted by Gasteiger charge is -2.18. The molecule has 28 heavy (non-hydrogen) atoms. The van der Waals surface area contributed by atoms with Crippen molar-refractivity contribution < 1.29 is 4.79 Å². The Balaban J connectivity index is 1.45. The van der Waals surface area contributed by atoms with E-state index in [1.165, 1.54) is 24.9 Å². The normalized spacial score (nSPS) is 13.4. The van der Waals surface area contributed by atoms with Crippen LogP contribution in [-0.4, -0.2) is 28.8 Å². The summed E-state index contributed by atoms with van der Waals surface area (Å²) in [5, 5.41) is 6.54. The first-order valence-electron chi connectivity index (χ1n) is 9.49. The third-order valence-corrected chi connectivity index (χ3v) is 4.82. The highest BCUT2D eigenvalue weighted by Crippen LogP contribution is 2.24. The van der Waals surface area contributed by atoms with E-state index in [2.05, 4.69) is 49.8 Å². The molecule has 1 fully saturated rings. The Morgan fingerprint density at radius 2 is 1.57 bits per heavy atom. The Hall–Kier alpha value is -3.41. The molecule has 0 unspecified atom stereocenters. The minimum absolute atomic E-state index is 0.0334. The number of carbonyl (C=O) groups is 1. The molecule has 1 saturated heterocycles. The topological polar surface area (TPSA) is 70.2 Å². The van der Waals surface area contributed by atoms with E-state index >= 15 is 0 Å². The van der Waals surface area contributed by atoms with Crippen molar-refractivity contribution in [1.82, 2.24) is 9.97 Å². The van der Waals surface area contributed by atoms with Crippen LogP contribution in [0.15, 0.2) is 60.9 Å². The van der Waals surface area contributed by atoms with Crippen molar-refractivity contribution in [2.45, 2.75) is 19.8 Å². The third kappa shape index (κ3) is 4.28. The summed E-state index contributed by atoms with van der Waals surface area (Å²) in [6, 6.07) is 17.6.